The van der Waals surface area contributed by atoms with Gasteiger partial charge in [0, 0.05) is 26.7 Å². The standard InChI is InChI=1S/C22H28FN3O3S.HI/c1-22(2)16-26(11-12-30(22,27)28)21(24-3)25-14-17-7-9-20(10-8-17)29-15-18-5-4-6-19(23)13-18;/h4-10,13H,11-12,14-16H2,1-3H3,(H,24,25);1H. The Kier molecular flexibility index (Phi) is 8.70. The molecule has 1 saturated heterocycles. The number of benzene rings is 2. The Labute approximate surface area is 200 Å². The summed E-state index contributed by atoms with van der Waals surface area (Å²) in [5.41, 5.74) is 1.81. The highest BCUT2D eigenvalue weighted by Crippen LogP contribution is 2.23. The molecule has 2 aromatic carbocycles. The Balaban J connectivity index is 0.00000341. The van der Waals surface area contributed by atoms with E-state index in [-0.39, 0.29) is 35.5 Å². The van der Waals surface area contributed by atoms with Gasteiger partial charge in [-0.1, -0.05) is 24.3 Å². The molecule has 1 fully saturated rings. The molecule has 1 aliphatic rings. The van der Waals surface area contributed by atoms with E-state index in [1.807, 2.05) is 35.2 Å². The third-order valence-electron chi connectivity index (χ3n) is 5.22. The number of aliphatic imine (C=N–C) groups is 1. The lowest BCUT2D eigenvalue weighted by atomic mass is 10.2. The van der Waals surface area contributed by atoms with Gasteiger partial charge in [0.1, 0.15) is 18.2 Å². The number of ether oxygens (including phenoxy) is 1. The number of hydrogen-bond donors (Lipinski definition) is 1. The lowest BCUT2D eigenvalue weighted by Crippen LogP contribution is -2.57. The first-order valence-electron chi connectivity index (χ1n) is 9.84. The van der Waals surface area contributed by atoms with E-state index in [0.29, 0.717) is 38.0 Å². The van der Waals surface area contributed by atoms with Crippen molar-refractivity contribution in [3.05, 3.63) is 65.5 Å². The molecule has 0 aliphatic carbocycles. The molecule has 0 atom stereocenters. The molecule has 0 unspecified atom stereocenters. The second kappa shape index (κ2) is 10.6. The molecule has 170 valence electrons. The molecule has 0 spiro atoms. The molecule has 1 aliphatic heterocycles. The molecule has 0 saturated carbocycles. The number of guanidine groups is 1. The summed E-state index contributed by atoms with van der Waals surface area (Å²) in [6.07, 6.45) is 0. The molecule has 1 heterocycles. The third-order valence-corrected chi connectivity index (χ3v) is 7.76. The van der Waals surface area contributed by atoms with Crippen LogP contribution in [-0.2, 0) is 23.0 Å². The maximum atomic E-state index is 13.2. The van der Waals surface area contributed by atoms with Crippen molar-refractivity contribution in [2.24, 2.45) is 4.99 Å². The van der Waals surface area contributed by atoms with Crippen molar-refractivity contribution < 1.29 is 17.5 Å². The van der Waals surface area contributed by atoms with Crippen molar-refractivity contribution in [3.63, 3.8) is 0 Å². The van der Waals surface area contributed by atoms with Gasteiger partial charge in [-0.15, -0.1) is 24.0 Å². The van der Waals surface area contributed by atoms with Gasteiger partial charge in [0.2, 0.25) is 0 Å². The number of sulfone groups is 1. The predicted octanol–water partition coefficient (Wildman–Crippen LogP) is 3.61. The Morgan fingerprint density at radius 3 is 2.52 bits per heavy atom. The highest BCUT2D eigenvalue weighted by Gasteiger charge is 2.40. The van der Waals surface area contributed by atoms with Crippen molar-refractivity contribution in [2.75, 3.05) is 25.9 Å². The smallest absolute Gasteiger partial charge is 0.193 e. The van der Waals surface area contributed by atoms with Gasteiger partial charge in [0.25, 0.3) is 0 Å². The topological polar surface area (TPSA) is 71.0 Å². The highest BCUT2D eigenvalue weighted by molar-refractivity contribution is 14.0. The van der Waals surface area contributed by atoms with Crippen molar-refractivity contribution in [2.45, 2.75) is 31.7 Å². The molecule has 0 amide bonds. The molecule has 6 nitrogen and oxygen atoms in total. The predicted molar refractivity (Wildman–Crippen MR) is 132 cm³/mol. The van der Waals surface area contributed by atoms with E-state index in [9.17, 15) is 12.8 Å². The summed E-state index contributed by atoms with van der Waals surface area (Å²) in [5.74, 6) is 1.23. The SMILES string of the molecule is CN=C(NCc1ccc(OCc2cccc(F)c2)cc1)N1CCS(=O)(=O)C(C)(C)C1.I. The zero-order valence-corrected chi connectivity index (χ0v) is 21.1. The second-order valence-corrected chi connectivity index (χ2v) is 10.7. The minimum absolute atomic E-state index is 0. The molecular weight excluding hydrogens is 532 g/mol. The minimum Gasteiger partial charge on any atom is -0.489 e. The van der Waals surface area contributed by atoms with Gasteiger partial charge in [0.15, 0.2) is 15.8 Å². The van der Waals surface area contributed by atoms with Gasteiger partial charge in [-0.05, 0) is 49.2 Å². The van der Waals surface area contributed by atoms with Crippen LogP contribution in [0.3, 0.4) is 0 Å². The van der Waals surface area contributed by atoms with Crippen LogP contribution in [-0.4, -0.2) is 49.9 Å². The number of nitrogens with zero attached hydrogens (tertiary/aromatic N) is 2. The first kappa shape index (κ1) is 25.4. The van der Waals surface area contributed by atoms with Crippen LogP contribution in [0.1, 0.15) is 25.0 Å². The van der Waals surface area contributed by atoms with E-state index in [4.69, 9.17) is 4.74 Å². The van der Waals surface area contributed by atoms with Crippen LogP contribution in [0, 0.1) is 5.82 Å². The van der Waals surface area contributed by atoms with Crippen LogP contribution in [0.15, 0.2) is 53.5 Å². The fourth-order valence-electron chi connectivity index (χ4n) is 3.33. The normalized spacial score (nSPS) is 17.5. The van der Waals surface area contributed by atoms with Gasteiger partial charge in [0.05, 0.1) is 10.5 Å². The summed E-state index contributed by atoms with van der Waals surface area (Å²) < 4.78 is 42.6. The van der Waals surface area contributed by atoms with Crippen LogP contribution in [0.2, 0.25) is 0 Å². The van der Waals surface area contributed by atoms with E-state index in [1.165, 1.54) is 12.1 Å². The summed E-state index contributed by atoms with van der Waals surface area (Å²) in [4.78, 5) is 6.29. The summed E-state index contributed by atoms with van der Waals surface area (Å²) >= 11 is 0. The molecule has 3 rings (SSSR count). The first-order chi connectivity index (χ1) is 14.2. The third kappa shape index (κ3) is 6.55. The fourth-order valence-corrected chi connectivity index (χ4v) is 4.70. The van der Waals surface area contributed by atoms with Gasteiger partial charge in [-0.25, -0.2) is 12.8 Å². The molecule has 0 aromatic heterocycles. The van der Waals surface area contributed by atoms with Gasteiger partial charge in [-0.3, -0.25) is 4.99 Å². The Morgan fingerprint density at radius 2 is 1.90 bits per heavy atom. The van der Waals surface area contributed by atoms with E-state index in [2.05, 4.69) is 10.3 Å². The molecule has 0 radical (unpaired) electrons. The minimum atomic E-state index is -3.09. The Bertz CT molecular complexity index is 1010. The molecule has 0 bridgehead atoms. The van der Waals surface area contributed by atoms with Gasteiger partial charge >= 0.3 is 0 Å². The zero-order chi connectivity index (χ0) is 21.8. The van der Waals surface area contributed by atoms with Crippen molar-refractivity contribution in [1.29, 1.82) is 0 Å². The van der Waals surface area contributed by atoms with Crippen LogP contribution < -0.4 is 10.1 Å². The molecule has 1 N–H and O–H groups in total. The molecule has 2 aromatic rings. The molecule has 31 heavy (non-hydrogen) atoms. The van der Waals surface area contributed by atoms with Crippen molar-refractivity contribution >= 4 is 39.8 Å². The number of hydrogen-bond acceptors (Lipinski definition) is 4. The quantitative estimate of drug-likeness (QED) is 0.343. The summed E-state index contributed by atoms with van der Waals surface area (Å²) in [6, 6.07) is 14.0. The number of rotatable bonds is 5. The second-order valence-electron chi connectivity index (χ2n) is 7.96. The average Bonchev–Trinajstić information content (AvgIpc) is 2.70. The van der Waals surface area contributed by atoms with Crippen molar-refractivity contribution in [1.82, 2.24) is 10.2 Å². The summed E-state index contributed by atoms with van der Waals surface area (Å²) in [5, 5.41) is 3.30. The summed E-state index contributed by atoms with van der Waals surface area (Å²) in [7, 11) is -1.40. The van der Waals surface area contributed by atoms with E-state index in [1.54, 1.807) is 27.0 Å². The fraction of sp³-hybridized carbons (Fsp3) is 0.409. The summed E-state index contributed by atoms with van der Waals surface area (Å²) in [6.45, 7) is 5.20. The van der Waals surface area contributed by atoms with Crippen molar-refractivity contribution in [3.8, 4) is 5.75 Å². The molecule has 9 heteroatoms. The monoisotopic (exact) mass is 561 g/mol. The van der Waals surface area contributed by atoms with Gasteiger partial charge < -0.3 is 15.0 Å². The first-order valence-corrected chi connectivity index (χ1v) is 11.5. The van der Waals surface area contributed by atoms with Crippen LogP contribution in [0.25, 0.3) is 0 Å². The number of halogens is 2. The Hall–Kier alpha value is -1.88. The highest BCUT2D eigenvalue weighted by atomic mass is 127. The Morgan fingerprint density at radius 1 is 1.19 bits per heavy atom. The molecular formula is C22H29FIN3O3S. The van der Waals surface area contributed by atoms with E-state index < -0.39 is 14.6 Å². The van der Waals surface area contributed by atoms with E-state index >= 15 is 0 Å². The van der Waals surface area contributed by atoms with Crippen LogP contribution in [0.4, 0.5) is 4.39 Å². The lowest BCUT2D eigenvalue weighted by molar-refractivity contribution is 0.305. The van der Waals surface area contributed by atoms with Crippen LogP contribution in [0.5, 0.6) is 5.75 Å². The maximum Gasteiger partial charge on any atom is 0.193 e. The average molecular weight is 561 g/mol. The van der Waals surface area contributed by atoms with E-state index in [0.717, 1.165) is 11.1 Å². The number of nitrogens with one attached hydrogen (secondary N) is 1. The maximum absolute atomic E-state index is 13.2. The largest absolute Gasteiger partial charge is 0.489 e. The van der Waals surface area contributed by atoms with Gasteiger partial charge in [-0.2, -0.15) is 0 Å². The van der Waals surface area contributed by atoms with Crippen LogP contribution >= 0.6 is 24.0 Å². The lowest BCUT2D eigenvalue weighted by Gasteiger charge is -2.39. The zero-order valence-electron chi connectivity index (χ0n) is 18.0.